The first kappa shape index (κ1) is 12.3. The van der Waals surface area contributed by atoms with Gasteiger partial charge in [-0.1, -0.05) is 54.6 Å². The lowest BCUT2D eigenvalue weighted by molar-refractivity contribution is 1.28. The highest BCUT2D eigenvalue weighted by Crippen LogP contribution is 2.36. The van der Waals surface area contributed by atoms with Gasteiger partial charge in [0.1, 0.15) is 0 Å². The molecule has 0 amide bonds. The number of hydrogen-bond donors (Lipinski definition) is 0. The number of halogens is 1. The Balaban J connectivity index is 2.01. The predicted octanol–water partition coefficient (Wildman–Crippen LogP) is 5.30. The number of fused-ring (bicyclic) bond motifs is 1. The van der Waals surface area contributed by atoms with E-state index >= 15 is 0 Å². The van der Waals surface area contributed by atoms with Gasteiger partial charge in [-0.3, -0.25) is 0 Å². The van der Waals surface area contributed by atoms with Gasteiger partial charge in [0.2, 0.25) is 0 Å². The van der Waals surface area contributed by atoms with Gasteiger partial charge in [-0.2, -0.15) is 0 Å². The quantitative estimate of drug-likeness (QED) is 0.657. The molecule has 1 aliphatic rings. The van der Waals surface area contributed by atoms with Crippen molar-refractivity contribution in [2.24, 2.45) is 0 Å². The van der Waals surface area contributed by atoms with Crippen LogP contribution in [-0.4, -0.2) is 0 Å². The molecule has 0 saturated heterocycles. The lowest BCUT2D eigenvalue weighted by Crippen LogP contribution is -1.82. The van der Waals surface area contributed by atoms with Gasteiger partial charge in [-0.05, 0) is 58.9 Å². The summed E-state index contributed by atoms with van der Waals surface area (Å²) in [5.74, 6) is 0. The Morgan fingerprint density at radius 3 is 2.68 bits per heavy atom. The summed E-state index contributed by atoms with van der Waals surface area (Å²) in [6, 6.07) is 14.6. The second-order valence-electron chi connectivity index (χ2n) is 5.04. The van der Waals surface area contributed by atoms with E-state index in [0.717, 1.165) is 22.6 Å². The fourth-order valence-corrected chi connectivity index (χ4v) is 2.94. The minimum absolute atomic E-state index is 0.785. The minimum Gasteiger partial charge on any atom is -0.0909 e. The molecule has 0 aromatic heterocycles. The van der Waals surface area contributed by atoms with E-state index in [-0.39, 0.29) is 0 Å². The molecule has 19 heavy (non-hydrogen) atoms. The van der Waals surface area contributed by atoms with Gasteiger partial charge >= 0.3 is 0 Å². The third kappa shape index (κ3) is 2.36. The largest absolute Gasteiger partial charge is 0.0909 e. The summed E-state index contributed by atoms with van der Waals surface area (Å²) >= 11 is 6.11. The fraction of sp³-hybridized carbons (Fsp3) is 0.111. The predicted molar refractivity (Wildman–Crippen MR) is 83.3 cm³/mol. The van der Waals surface area contributed by atoms with Crippen molar-refractivity contribution in [3.05, 3.63) is 81.9 Å². The van der Waals surface area contributed by atoms with Crippen LogP contribution in [0.4, 0.5) is 0 Å². The van der Waals surface area contributed by atoms with Gasteiger partial charge in [-0.25, -0.2) is 0 Å². The number of hydrogen-bond acceptors (Lipinski definition) is 0. The smallest absolute Gasteiger partial charge is 0.0414 e. The Morgan fingerprint density at radius 2 is 1.95 bits per heavy atom. The molecule has 1 aliphatic carbocycles. The summed E-state index contributed by atoms with van der Waals surface area (Å²) < 4.78 is 0. The molecule has 0 unspecified atom stereocenters. The van der Waals surface area contributed by atoms with Crippen LogP contribution in [0.5, 0.6) is 0 Å². The molecule has 0 fully saturated rings. The first-order chi connectivity index (χ1) is 9.13. The Kier molecular flexibility index (Phi) is 3.04. The SMILES string of the molecule is C=C1/C(=C/c2cc(C)cc(Cl)c2)Cc2ccccc21. The molecule has 0 spiro atoms. The van der Waals surface area contributed by atoms with Gasteiger partial charge < -0.3 is 0 Å². The van der Waals surface area contributed by atoms with Gasteiger partial charge in [0, 0.05) is 5.02 Å². The van der Waals surface area contributed by atoms with Crippen molar-refractivity contribution in [2.45, 2.75) is 13.3 Å². The average Bonchev–Trinajstić information content (AvgIpc) is 2.66. The Morgan fingerprint density at radius 1 is 1.16 bits per heavy atom. The number of benzene rings is 2. The molecular weight excluding hydrogens is 252 g/mol. The Hall–Kier alpha value is -1.79. The molecule has 1 heteroatoms. The van der Waals surface area contributed by atoms with Crippen molar-refractivity contribution in [3.8, 4) is 0 Å². The first-order valence-corrected chi connectivity index (χ1v) is 6.76. The van der Waals surface area contributed by atoms with Crippen LogP contribution in [0.15, 0.2) is 54.6 Å². The molecule has 3 rings (SSSR count). The zero-order valence-electron chi connectivity index (χ0n) is 10.9. The van der Waals surface area contributed by atoms with E-state index in [4.69, 9.17) is 11.6 Å². The maximum Gasteiger partial charge on any atom is 0.0414 e. The molecular formula is C18H15Cl. The third-order valence-electron chi connectivity index (χ3n) is 3.52. The summed E-state index contributed by atoms with van der Waals surface area (Å²) in [4.78, 5) is 0. The molecule has 0 aliphatic heterocycles. The lowest BCUT2D eigenvalue weighted by atomic mass is 10.0. The van der Waals surface area contributed by atoms with E-state index < -0.39 is 0 Å². The summed E-state index contributed by atoms with van der Waals surface area (Å²) in [5, 5.41) is 0.785. The van der Waals surface area contributed by atoms with Crippen molar-refractivity contribution in [1.82, 2.24) is 0 Å². The van der Waals surface area contributed by atoms with E-state index in [1.807, 2.05) is 12.1 Å². The summed E-state index contributed by atoms with van der Waals surface area (Å²) in [6.07, 6.45) is 3.15. The van der Waals surface area contributed by atoms with Crippen molar-refractivity contribution < 1.29 is 0 Å². The van der Waals surface area contributed by atoms with Gasteiger partial charge in [-0.15, -0.1) is 0 Å². The number of rotatable bonds is 1. The first-order valence-electron chi connectivity index (χ1n) is 6.39. The number of aryl methyl sites for hydroxylation is 1. The van der Waals surface area contributed by atoms with E-state index in [9.17, 15) is 0 Å². The average molecular weight is 267 g/mol. The molecule has 94 valence electrons. The van der Waals surface area contributed by atoms with Crippen LogP contribution in [0, 0.1) is 6.92 Å². The van der Waals surface area contributed by atoms with Crippen LogP contribution in [0.1, 0.15) is 22.3 Å². The molecule has 2 aromatic carbocycles. The van der Waals surface area contributed by atoms with Crippen LogP contribution in [0.2, 0.25) is 5.02 Å². The standard InChI is InChI=1S/C18H15Cl/c1-12-7-14(10-17(19)8-12)9-16-11-15-5-3-4-6-18(15)13(16)2/h3-10H,2,11H2,1H3/b16-9+. The van der Waals surface area contributed by atoms with Gasteiger partial charge in [0.05, 0.1) is 0 Å². The zero-order chi connectivity index (χ0) is 13.4. The monoisotopic (exact) mass is 266 g/mol. The Labute approximate surface area is 119 Å². The highest BCUT2D eigenvalue weighted by molar-refractivity contribution is 6.30. The van der Waals surface area contributed by atoms with Gasteiger partial charge in [0.25, 0.3) is 0 Å². The maximum absolute atomic E-state index is 6.11. The second-order valence-corrected chi connectivity index (χ2v) is 5.48. The summed E-state index contributed by atoms with van der Waals surface area (Å²) in [6.45, 7) is 6.28. The van der Waals surface area contributed by atoms with Crippen LogP contribution < -0.4 is 0 Å². The molecule has 2 aromatic rings. The molecule has 0 radical (unpaired) electrons. The third-order valence-corrected chi connectivity index (χ3v) is 3.73. The van der Waals surface area contributed by atoms with E-state index in [1.165, 1.54) is 22.3 Å². The van der Waals surface area contributed by atoms with Crippen molar-refractivity contribution in [2.75, 3.05) is 0 Å². The molecule has 0 N–H and O–H groups in total. The maximum atomic E-state index is 6.11. The van der Waals surface area contributed by atoms with Crippen LogP contribution in [0.3, 0.4) is 0 Å². The topological polar surface area (TPSA) is 0 Å². The molecule has 0 bridgehead atoms. The van der Waals surface area contributed by atoms with Crippen LogP contribution in [-0.2, 0) is 6.42 Å². The highest BCUT2D eigenvalue weighted by Gasteiger charge is 2.18. The molecule has 0 saturated carbocycles. The fourth-order valence-electron chi connectivity index (χ4n) is 2.64. The normalized spacial score (nSPS) is 15.9. The molecule has 0 atom stereocenters. The second kappa shape index (κ2) is 4.71. The van der Waals surface area contributed by atoms with Crippen molar-refractivity contribution >= 4 is 23.3 Å². The zero-order valence-corrected chi connectivity index (χ0v) is 11.7. The van der Waals surface area contributed by atoms with E-state index in [2.05, 4.69) is 49.9 Å². The Bertz CT molecular complexity index is 672. The summed E-state index contributed by atoms with van der Waals surface area (Å²) in [5.41, 5.74) is 7.37. The minimum atomic E-state index is 0.785. The van der Waals surface area contributed by atoms with Gasteiger partial charge in [0.15, 0.2) is 0 Å². The molecule has 0 nitrogen and oxygen atoms in total. The van der Waals surface area contributed by atoms with E-state index in [0.29, 0.717) is 0 Å². The number of allylic oxidation sites excluding steroid dienone is 2. The van der Waals surface area contributed by atoms with Crippen molar-refractivity contribution in [1.29, 1.82) is 0 Å². The van der Waals surface area contributed by atoms with Crippen LogP contribution >= 0.6 is 11.6 Å². The highest BCUT2D eigenvalue weighted by atomic mass is 35.5. The van der Waals surface area contributed by atoms with Crippen LogP contribution in [0.25, 0.3) is 11.6 Å². The van der Waals surface area contributed by atoms with Crippen molar-refractivity contribution in [3.63, 3.8) is 0 Å². The van der Waals surface area contributed by atoms with E-state index in [1.54, 1.807) is 0 Å². The molecule has 0 heterocycles. The lowest BCUT2D eigenvalue weighted by Gasteiger charge is -2.02. The summed E-state index contributed by atoms with van der Waals surface area (Å²) in [7, 11) is 0.